The molecule has 0 aliphatic heterocycles. The van der Waals surface area contributed by atoms with Crippen LogP contribution in [0.2, 0.25) is 0 Å². The minimum Gasteiger partial charge on any atom is -0.207 e. The summed E-state index contributed by atoms with van der Waals surface area (Å²) < 4.78 is 14.0. The molecule has 0 aliphatic carbocycles. The number of benzene rings is 2. The molecule has 4 heteroatoms. The summed E-state index contributed by atoms with van der Waals surface area (Å²) in [5, 5.41) is 0. The summed E-state index contributed by atoms with van der Waals surface area (Å²) in [7, 11) is 0. The van der Waals surface area contributed by atoms with Gasteiger partial charge in [0.15, 0.2) is 0 Å². The third-order valence-corrected chi connectivity index (χ3v) is 5.48. The highest BCUT2D eigenvalue weighted by Gasteiger charge is 2.31. The van der Waals surface area contributed by atoms with Crippen molar-refractivity contribution in [2.24, 2.45) is 0 Å². The summed E-state index contributed by atoms with van der Waals surface area (Å²) in [5.74, 6) is 0.551. The number of hydrogen-bond donors (Lipinski definition) is 0. The van der Waals surface area contributed by atoms with Gasteiger partial charge in [0.1, 0.15) is 5.82 Å². The Labute approximate surface area is 143 Å². The van der Waals surface area contributed by atoms with Crippen molar-refractivity contribution in [2.75, 3.05) is 11.8 Å². The molecule has 0 aromatic heterocycles. The van der Waals surface area contributed by atoms with Gasteiger partial charge < -0.3 is 0 Å². The number of alkyl halides is 2. The Morgan fingerprint density at radius 2 is 1.67 bits per heavy atom. The van der Waals surface area contributed by atoms with E-state index in [1.165, 1.54) is 17.7 Å². The van der Waals surface area contributed by atoms with E-state index in [1.54, 1.807) is 6.07 Å². The first-order chi connectivity index (χ1) is 10.0. The van der Waals surface area contributed by atoms with Crippen molar-refractivity contribution in [3.63, 3.8) is 0 Å². The van der Waals surface area contributed by atoms with Gasteiger partial charge in [0.05, 0.1) is 0 Å². The molecular weight excluding hydrogens is 374 g/mol. The SMILES string of the molecule is Cc1ccc(C(CCl)(CCl)Cc2ccc(F)cc2Br)cc1. The predicted octanol–water partition coefficient (Wildman–Crippen LogP) is 5.85. The second-order valence-electron chi connectivity index (χ2n) is 5.33. The molecule has 0 spiro atoms. The summed E-state index contributed by atoms with van der Waals surface area (Å²) in [4.78, 5) is 0. The molecule has 0 amide bonds. The average molecular weight is 390 g/mol. The zero-order valence-corrected chi connectivity index (χ0v) is 14.8. The van der Waals surface area contributed by atoms with Crippen molar-refractivity contribution in [2.45, 2.75) is 18.8 Å². The molecule has 0 aliphatic rings. The highest BCUT2D eigenvalue weighted by molar-refractivity contribution is 9.10. The van der Waals surface area contributed by atoms with Gasteiger partial charge in [-0.1, -0.05) is 51.8 Å². The van der Waals surface area contributed by atoms with Gasteiger partial charge >= 0.3 is 0 Å². The molecule has 0 bridgehead atoms. The Balaban J connectivity index is 2.40. The smallest absolute Gasteiger partial charge is 0.124 e. The Bertz CT molecular complexity index is 607. The van der Waals surface area contributed by atoms with E-state index >= 15 is 0 Å². The van der Waals surface area contributed by atoms with Crippen LogP contribution in [0.15, 0.2) is 46.9 Å². The van der Waals surface area contributed by atoms with Crippen LogP contribution in [-0.2, 0) is 11.8 Å². The summed E-state index contributed by atoms with van der Waals surface area (Å²) in [6, 6.07) is 13.0. The van der Waals surface area contributed by atoms with Gasteiger partial charge in [-0.05, 0) is 36.6 Å². The van der Waals surface area contributed by atoms with E-state index in [9.17, 15) is 4.39 Å². The van der Waals surface area contributed by atoms with Gasteiger partial charge in [-0.15, -0.1) is 23.2 Å². The molecule has 0 heterocycles. The van der Waals surface area contributed by atoms with Crippen LogP contribution in [0.25, 0.3) is 0 Å². The third kappa shape index (κ3) is 3.80. The number of halogens is 4. The maximum Gasteiger partial charge on any atom is 0.124 e. The van der Waals surface area contributed by atoms with E-state index in [4.69, 9.17) is 23.2 Å². The van der Waals surface area contributed by atoms with Gasteiger partial charge in [0, 0.05) is 21.6 Å². The minimum absolute atomic E-state index is 0.261. The quantitative estimate of drug-likeness (QED) is 0.562. The van der Waals surface area contributed by atoms with E-state index in [0.717, 1.165) is 15.6 Å². The monoisotopic (exact) mass is 388 g/mol. The number of aryl methyl sites for hydroxylation is 1. The van der Waals surface area contributed by atoms with Crippen LogP contribution in [-0.4, -0.2) is 11.8 Å². The van der Waals surface area contributed by atoms with E-state index in [-0.39, 0.29) is 11.2 Å². The lowest BCUT2D eigenvalue weighted by atomic mass is 9.78. The molecule has 2 rings (SSSR count). The van der Waals surface area contributed by atoms with Crippen LogP contribution >= 0.6 is 39.1 Å². The molecule has 21 heavy (non-hydrogen) atoms. The molecule has 0 atom stereocenters. The highest BCUT2D eigenvalue weighted by atomic mass is 79.9. The molecule has 0 saturated heterocycles. The zero-order valence-electron chi connectivity index (χ0n) is 11.7. The van der Waals surface area contributed by atoms with Gasteiger partial charge in [-0.3, -0.25) is 0 Å². The summed E-state index contributed by atoms with van der Waals surface area (Å²) >= 11 is 15.9. The molecule has 0 saturated carbocycles. The minimum atomic E-state index is -0.364. The lowest BCUT2D eigenvalue weighted by Crippen LogP contribution is -2.33. The van der Waals surface area contributed by atoms with Crippen molar-refractivity contribution >= 4 is 39.1 Å². The molecule has 0 N–H and O–H groups in total. The summed E-state index contributed by atoms with van der Waals surface area (Å²) in [6.07, 6.45) is 0.657. The van der Waals surface area contributed by atoms with Crippen molar-refractivity contribution in [1.82, 2.24) is 0 Å². The summed E-state index contributed by atoms with van der Waals surface area (Å²) in [5.41, 5.74) is 2.93. The fraction of sp³-hybridized carbons (Fsp3) is 0.294. The van der Waals surface area contributed by atoms with Gasteiger partial charge in [-0.25, -0.2) is 4.39 Å². The number of hydrogen-bond acceptors (Lipinski definition) is 0. The van der Waals surface area contributed by atoms with Crippen LogP contribution < -0.4 is 0 Å². The Morgan fingerprint density at radius 1 is 1.05 bits per heavy atom. The topological polar surface area (TPSA) is 0 Å². The number of rotatable bonds is 5. The lowest BCUT2D eigenvalue weighted by Gasteiger charge is -2.31. The van der Waals surface area contributed by atoms with Crippen LogP contribution in [0.3, 0.4) is 0 Å². The molecular formula is C17H16BrCl2F. The highest BCUT2D eigenvalue weighted by Crippen LogP contribution is 2.34. The maximum absolute atomic E-state index is 13.2. The van der Waals surface area contributed by atoms with E-state index in [2.05, 4.69) is 40.2 Å². The van der Waals surface area contributed by atoms with Crippen molar-refractivity contribution in [3.8, 4) is 0 Å². The molecule has 0 nitrogen and oxygen atoms in total. The van der Waals surface area contributed by atoms with Crippen LogP contribution in [0.5, 0.6) is 0 Å². The largest absolute Gasteiger partial charge is 0.207 e. The predicted molar refractivity (Wildman–Crippen MR) is 92.1 cm³/mol. The molecule has 0 unspecified atom stereocenters. The molecule has 2 aromatic rings. The Kier molecular flexibility index (Phi) is 5.70. The van der Waals surface area contributed by atoms with Crippen molar-refractivity contribution < 1.29 is 4.39 Å². The second-order valence-corrected chi connectivity index (χ2v) is 6.71. The van der Waals surface area contributed by atoms with Crippen LogP contribution in [0.1, 0.15) is 16.7 Å². The molecule has 0 fully saturated rings. The standard InChI is InChI=1S/C17H16BrCl2F/c1-12-2-5-14(6-3-12)17(10-19,11-20)9-13-4-7-15(21)8-16(13)18/h2-8H,9-11H2,1H3. The van der Waals surface area contributed by atoms with Gasteiger partial charge in [-0.2, -0.15) is 0 Å². The Hall–Kier alpha value is -0.570. The second kappa shape index (κ2) is 7.13. The van der Waals surface area contributed by atoms with Gasteiger partial charge in [0.25, 0.3) is 0 Å². The van der Waals surface area contributed by atoms with E-state index in [1.807, 2.05) is 6.92 Å². The van der Waals surface area contributed by atoms with Crippen molar-refractivity contribution in [3.05, 3.63) is 69.4 Å². The van der Waals surface area contributed by atoms with Gasteiger partial charge in [0.2, 0.25) is 0 Å². The fourth-order valence-corrected chi connectivity index (χ4v) is 3.60. The normalized spacial score (nSPS) is 11.7. The van der Waals surface area contributed by atoms with E-state index in [0.29, 0.717) is 18.2 Å². The zero-order chi connectivity index (χ0) is 15.5. The van der Waals surface area contributed by atoms with Crippen LogP contribution in [0, 0.1) is 12.7 Å². The first kappa shape index (κ1) is 16.8. The van der Waals surface area contributed by atoms with Crippen LogP contribution in [0.4, 0.5) is 4.39 Å². The third-order valence-electron chi connectivity index (χ3n) is 3.72. The lowest BCUT2D eigenvalue weighted by molar-refractivity contribution is 0.533. The average Bonchev–Trinajstić information content (AvgIpc) is 2.48. The molecule has 0 radical (unpaired) electrons. The molecule has 2 aromatic carbocycles. The first-order valence-electron chi connectivity index (χ1n) is 6.64. The first-order valence-corrected chi connectivity index (χ1v) is 8.50. The fourth-order valence-electron chi connectivity index (χ4n) is 2.32. The Morgan fingerprint density at radius 3 is 2.19 bits per heavy atom. The van der Waals surface area contributed by atoms with Crippen molar-refractivity contribution in [1.29, 1.82) is 0 Å². The summed E-state index contributed by atoms with van der Waals surface area (Å²) in [6.45, 7) is 2.05. The maximum atomic E-state index is 13.2. The van der Waals surface area contributed by atoms with E-state index < -0.39 is 0 Å². The molecule has 112 valence electrons.